The molecule has 5 atom stereocenters. The van der Waals surface area contributed by atoms with E-state index in [2.05, 4.69) is 35.3 Å². The summed E-state index contributed by atoms with van der Waals surface area (Å²) >= 11 is 0. The number of benzene rings is 1. The van der Waals surface area contributed by atoms with Crippen LogP contribution in [0.2, 0.25) is 0 Å². The van der Waals surface area contributed by atoms with Crippen molar-refractivity contribution in [3.05, 3.63) is 35.9 Å². The lowest BCUT2D eigenvalue weighted by atomic mass is 9.74. The molecule has 4 rings (SSSR count). The SMILES string of the molecule is NC1C2CC(C3=NCCO3)C(C2)C1c1ccccc1. The summed E-state index contributed by atoms with van der Waals surface area (Å²) in [6, 6.07) is 11.1. The predicted molar refractivity (Wildman–Crippen MR) is 75.1 cm³/mol. The van der Waals surface area contributed by atoms with Gasteiger partial charge in [0.05, 0.1) is 6.54 Å². The van der Waals surface area contributed by atoms with Crippen LogP contribution in [-0.2, 0) is 4.74 Å². The van der Waals surface area contributed by atoms with Gasteiger partial charge < -0.3 is 10.5 Å². The van der Waals surface area contributed by atoms with Crippen LogP contribution in [0.4, 0.5) is 0 Å². The van der Waals surface area contributed by atoms with Gasteiger partial charge in [0, 0.05) is 17.9 Å². The number of nitrogens with two attached hydrogens (primary N) is 1. The van der Waals surface area contributed by atoms with Crippen molar-refractivity contribution in [2.24, 2.45) is 28.5 Å². The Hall–Kier alpha value is -1.35. The molecule has 3 nitrogen and oxygen atoms in total. The molecule has 3 heteroatoms. The molecule has 5 unspecified atom stereocenters. The fraction of sp³-hybridized carbons (Fsp3) is 0.562. The van der Waals surface area contributed by atoms with Crippen molar-refractivity contribution in [3.8, 4) is 0 Å². The average molecular weight is 256 g/mol. The van der Waals surface area contributed by atoms with Gasteiger partial charge in [-0.1, -0.05) is 30.3 Å². The van der Waals surface area contributed by atoms with Crippen LogP contribution in [-0.4, -0.2) is 25.1 Å². The zero-order valence-electron chi connectivity index (χ0n) is 11.0. The molecule has 1 aliphatic heterocycles. The van der Waals surface area contributed by atoms with Crippen LogP contribution in [0.25, 0.3) is 0 Å². The molecule has 100 valence electrons. The standard InChI is InChI=1S/C16H20N2O/c17-15-11-8-12(13(9-11)16-18-6-7-19-16)14(15)10-4-2-1-3-5-10/h1-5,11-15H,6-9,17H2. The monoisotopic (exact) mass is 256 g/mol. The van der Waals surface area contributed by atoms with Crippen LogP contribution in [0.1, 0.15) is 24.3 Å². The van der Waals surface area contributed by atoms with Gasteiger partial charge in [-0.3, -0.25) is 4.99 Å². The second kappa shape index (κ2) is 4.34. The molecule has 1 aromatic carbocycles. The number of aliphatic imine (C=N–C) groups is 1. The molecule has 3 aliphatic rings. The summed E-state index contributed by atoms with van der Waals surface area (Å²) in [7, 11) is 0. The number of hydrogen-bond donors (Lipinski definition) is 1. The summed E-state index contributed by atoms with van der Waals surface area (Å²) in [4.78, 5) is 4.54. The summed E-state index contributed by atoms with van der Waals surface area (Å²) in [5, 5.41) is 0. The Balaban J connectivity index is 1.65. The molecule has 1 aromatic rings. The van der Waals surface area contributed by atoms with Crippen molar-refractivity contribution < 1.29 is 4.74 Å². The topological polar surface area (TPSA) is 47.6 Å². The van der Waals surface area contributed by atoms with E-state index < -0.39 is 0 Å². The maximum absolute atomic E-state index is 6.48. The Bertz CT molecular complexity index is 499. The summed E-state index contributed by atoms with van der Waals surface area (Å²) < 4.78 is 5.72. The first kappa shape index (κ1) is 11.5. The van der Waals surface area contributed by atoms with Crippen molar-refractivity contribution in [2.45, 2.75) is 24.8 Å². The van der Waals surface area contributed by atoms with Crippen LogP contribution < -0.4 is 5.73 Å². The van der Waals surface area contributed by atoms with Crippen LogP contribution in [0.5, 0.6) is 0 Å². The van der Waals surface area contributed by atoms with E-state index in [0.29, 0.717) is 29.7 Å². The van der Waals surface area contributed by atoms with Crippen LogP contribution in [0.15, 0.2) is 35.3 Å². The highest BCUT2D eigenvalue weighted by Crippen LogP contribution is 2.55. The minimum atomic E-state index is 0.311. The molecule has 0 spiro atoms. The summed E-state index contributed by atoms with van der Waals surface area (Å²) in [6.07, 6.45) is 2.42. The van der Waals surface area contributed by atoms with Gasteiger partial charge in [-0.2, -0.15) is 0 Å². The van der Waals surface area contributed by atoms with Gasteiger partial charge in [0.15, 0.2) is 5.90 Å². The van der Waals surface area contributed by atoms with Crippen molar-refractivity contribution in [3.63, 3.8) is 0 Å². The fourth-order valence-corrected chi connectivity index (χ4v) is 4.41. The van der Waals surface area contributed by atoms with Gasteiger partial charge in [-0.15, -0.1) is 0 Å². The molecule has 1 heterocycles. The highest BCUT2D eigenvalue weighted by Gasteiger charge is 2.53. The first-order valence-corrected chi connectivity index (χ1v) is 7.32. The molecule has 2 bridgehead atoms. The van der Waals surface area contributed by atoms with E-state index in [-0.39, 0.29) is 0 Å². The molecule has 2 fully saturated rings. The molecule has 0 aromatic heterocycles. The predicted octanol–water partition coefficient (Wildman–Crippen LogP) is 2.18. The van der Waals surface area contributed by atoms with E-state index in [4.69, 9.17) is 10.5 Å². The fourth-order valence-electron chi connectivity index (χ4n) is 4.41. The summed E-state index contributed by atoms with van der Waals surface area (Å²) in [5.74, 6) is 3.28. The third-order valence-corrected chi connectivity index (χ3v) is 5.18. The number of rotatable bonds is 2. The third kappa shape index (κ3) is 1.71. The van der Waals surface area contributed by atoms with E-state index in [0.717, 1.165) is 19.0 Å². The first-order valence-electron chi connectivity index (χ1n) is 7.32. The van der Waals surface area contributed by atoms with Crippen molar-refractivity contribution in [1.29, 1.82) is 0 Å². The first-order chi connectivity index (χ1) is 9.34. The van der Waals surface area contributed by atoms with Gasteiger partial charge in [0.1, 0.15) is 6.61 Å². The Morgan fingerprint density at radius 2 is 2.00 bits per heavy atom. The quantitative estimate of drug-likeness (QED) is 0.881. The molecule has 2 aliphatic carbocycles. The highest BCUT2D eigenvalue weighted by atomic mass is 16.5. The Morgan fingerprint density at radius 3 is 2.68 bits per heavy atom. The van der Waals surface area contributed by atoms with Gasteiger partial charge >= 0.3 is 0 Å². The molecule has 0 radical (unpaired) electrons. The Kier molecular flexibility index (Phi) is 2.62. The Morgan fingerprint density at radius 1 is 1.16 bits per heavy atom. The van der Waals surface area contributed by atoms with Gasteiger partial charge in [-0.25, -0.2) is 0 Å². The van der Waals surface area contributed by atoms with E-state index in [1.165, 1.54) is 18.4 Å². The molecule has 19 heavy (non-hydrogen) atoms. The highest BCUT2D eigenvalue weighted by molar-refractivity contribution is 5.81. The molecule has 2 N–H and O–H groups in total. The van der Waals surface area contributed by atoms with Crippen molar-refractivity contribution >= 4 is 5.90 Å². The van der Waals surface area contributed by atoms with Gasteiger partial charge in [0.25, 0.3) is 0 Å². The molecule has 0 saturated heterocycles. The van der Waals surface area contributed by atoms with Gasteiger partial charge in [-0.05, 0) is 30.2 Å². The minimum absolute atomic E-state index is 0.311. The van der Waals surface area contributed by atoms with E-state index in [1.54, 1.807) is 0 Å². The van der Waals surface area contributed by atoms with E-state index in [9.17, 15) is 0 Å². The molecular weight excluding hydrogens is 236 g/mol. The maximum atomic E-state index is 6.48. The largest absolute Gasteiger partial charge is 0.479 e. The van der Waals surface area contributed by atoms with Crippen molar-refractivity contribution in [2.75, 3.05) is 13.2 Å². The lowest BCUT2D eigenvalue weighted by molar-refractivity contribution is 0.263. The van der Waals surface area contributed by atoms with E-state index >= 15 is 0 Å². The average Bonchev–Trinajstić information content (AvgIpc) is 3.14. The van der Waals surface area contributed by atoms with Crippen molar-refractivity contribution in [1.82, 2.24) is 0 Å². The molecule has 2 saturated carbocycles. The maximum Gasteiger partial charge on any atom is 0.186 e. The zero-order valence-corrected chi connectivity index (χ0v) is 11.0. The zero-order chi connectivity index (χ0) is 12.8. The lowest BCUT2D eigenvalue weighted by Gasteiger charge is -2.33. The normalized spacial score (nSPS) is 40.3. The van der Waals surface area contributed by atoms with E-state index in [1.807, 2.05) is 0 Å². The minimum Gasteiger partial charge on any atom is -0.479 e. The Labute approximate surface area is 113 Å². The second-order valence-corrected chi connectivity index (χ2v) is 6.08. The molecule has 0 amide bonds. The third-order valence-electron chi connectivity index (χ3n) is 5.18. The van der Waals surface area contributed by atoms with Crippen LogP contribution in [0.3, 0.4) is 0 Å². The van der Waals surface area contributed by atoms with Gasteiger partial charge in [0.2, 0.25) is 0 Å². The van der Waals surface area contributed by atoms with Crippen LogP contribution >= 0.6 is 0 Å². The van der Waals surface area contributed by atoms with Crippen LogP contribution in [0, 0.1) is 17.8 Å². The summed E-state index contributed by atoms with van der Waals surface area (Å²) in [5.41, 5.74) is 7.87. The lowest BCUT2D eigenvalue weighted by Crippen LogP contribution is -2.39. The number of hydrogen-bond acceptors (Lipinski definition) is 3. The smallest absolute Gasteiger partial charge is 0.186 e. The molecular formula is C16H20N2O. The number of fused-ring (bicyclic) bond motifs is 2. The number of ether oxygens (including phenoxy) is 1. The number of nitrogens with zero attached hydrogens (tertiary/aromatic N) is 1. The summed E-state index contributed by atoms with van der Waals surface area (Å²) in [6.45, 7) is 1.61. The second-order valence-electron chi connectivity index (χ2n) is 6.08.